The van der Waals surface area contributed by atoms with Crippen LogP contribution in [0.4, 0.5) is 14.6 Å². The van der Waals surface area contributed by atoms with Crippen LogP contribution >= 0.6 is 11.6 Å². The highest BCUT2D eigenvalue weighted by atomic mass is 35.5. The van der Waals surface area contributed by atoms with Crippen LogP contribution in [0.3, 0.4) is 0 Å². The van der Waals surface area contributed by atoms with E-state index in [9.17, 15) is 8.78 Å². The van der Waals surface area contributed by atoms with Crippen molar-refractivity contribution in [2.45, 2.75) is 6.54 Å². The SMILES string of the molecule is N#Cc1ccnc(NCc2ccc(F)c(F)c2)c1Cl. The zero-order valence-electron chi connectivity index (χ0n) is 9.62. The monoisotopic (exact) mass is 279 g/mol. The fraction of sp³-hybridized carbons (Fsp3) is 0.0769. The zero-order valence-corrected chi connectivity index (χ0v) is 10.4. The molecule has 0 bridgehead atoms. The number of nitriles is 1. The number of hydrogen-bond donors (Lipinski definition) is 1. The van der Waals surface area contributed by atoms with Gasteiger partial charge in [0, 0.05) is 12.7 Å². The van der Waals surface area contributed by atoms with Crippen LogP contribution in [0.1, 0.15) is 11.1 Å². The first-order valence-electron chi connectivity index (χ1n) is 5.34. The number of hydrogen-bond acceptors (Lipinski definition) is 3. The lowest BCUT2D eigenvalue weighted by Gasteiger charge is -2.08. The molecule has 0 aliphatic rings. The molecule has 1 heterocycles. The maximum Gasteiger partial charge on any atom is 0.159 e. The number of benzene rings is 1. The number of pyridine rings is 1. The summed E-state index contributed by atoms with van der Waals surface area (Å²) in [4.78, 5) is 3.98. The van der Waals surface area contributed by atoms with Crippen molar-refractivity contribution >= 4 is 17.4 Å². The predicted octanol–water partition coefficient (Wildman–Crippen LogP) is 3.50. The van der Waals surface area contributed by atoms with Crippen molar-refractivity contribution in [2.24, 2.45) is 0 Å². The van der Waals surface area contributed by atoms with Crippen molar-refractivity contribution in [3.05, 3.63) is 58.2 Å². The Balaban J connectivity index is 2.15. The largest absolute Gasteiger partial charge is 0.365 e. The van der Waals surface area contributed by atoms with Gasteiger partial charge in [0.05, 0.1) is 5.56 Å². The standard InChI is InChI=1S/C13H8ClF2N3/c14-12-9(6-17)3-4-18-13(12)19-7-8-1-2-10(15)11(16)5-8/h1-5H,7H2,(H,18,19). The summed E-state index contributed by atoms with van der Waals surface area (Å²) < 4.78 is 25.8. The molecule has 1 aromatic heterocycles. The Morgan fingerprint density at radius 2 is 2.05 bits per heavy atom. The highest BCUT2D eigenvalue weighted by Gasteiger charge is 2.07. The summed E-state index contributed by atoms with van der Waals surface area (Å²) in [5.74, 6) is -1.49. The van der Waals surface area contributed by atoms with Crippen molar-refractivity contribution in [3.63, 3.8) is 0 Å². The third kappa shape index (κ3) is 2.98. The molecule has 0 saturated carbocycles. The Hall–Kier alpha value is -2.19. The molecule has 0 aliphatic carbocycles. The Morgan fingerprint density at radius 1 is 1.26 bits per heavy atom. The number of nitrogens with one attached hydrogen (secondary N) is 1. The minimum atomic E-state index is -0.913. The van der Waals surface area contributed by atoms with Gasteiger partial charge >= 0.3 is 0 Å². The average Bonchev–Trinajstić information content (AvgIpc) is 2.41. The lowest BCUT2D eigenvalue weighted by molar-refractivity contribution is 0.507. The van der Waals surface area contributed by atoms with Crippen molar-refractivity contribution in [3.8, 4) is 6.07 Å². The molecule has 0 fully saturated rings. The molecule has 1 N–H and O–H groups in total. The molecule has 2 rings (SSSR count). The molecule has 0 saturated heterocycles. The van der Waals surface area contributed by atoms with E-state index in [1.807, 2.05) is 6.07 Å². The van der Waals surface area contributed by atoms with Gasteiger partial charge in [-0.15, -0.1) is 0 Å². The van der Waals surface area contributed by atoms with Crippen LogP contribution in [0.25, 0.3) is 0 Å². The van der Waals surface area contributed by atoms with Gasteiger partial charge in [-0.25, -0.2) is 13.8 Å². The van der Waals surface area contributed by atoms with Gasteiger partial charge in [0.2, 0.25) is 0 Å². The van der Waals surface area contributed by atoms with Gasteiger partial charge in [-0.1, -0.05) is 17.7 Å². The average molecular weight is 280 g/mol. The van der Waals surface area contributed by atoms with Crippen molar-refractivity contribution < 1.29 is 8.78 Å². The maximum atomic E-state index is 13.0. The third-order valence-electron chi connectivity index (χ3n) is 2.45. The molecule has 1 aromatic carbocycles. The van der Waals surface area contributed by atoms with Crippen LogP contribution in [0.15, 0.2) is 30.5 Å². The molecule has 0 amide bonds. The summed E-state index contributed by atoms with van der Waals surface area (Å²) >= 11 is 5.95. The minimum absolute atomic E-state index is 0.201. The van der Waals surface area contributed by atoms with E-state index in [-0.39, 0.29) is 11.6 Å². The van der Waals surface area contributed by atoms with E-state index in [0.29, 0.717) is 16.9 Å². The van der Waals surface area contributed by atoms with E-state index in [2.05, 4.69) is 10.3 Å². The van der Waals surface area contributed by atoms with E-state index in [0.717, 1.165) is 12.1 Å². The second-order valence-electron chi connectivity index (χ2n) is 3.73. The molecule has 2 aromatic rings. The molecular weight excluding hydrogens is 272 g/mol. The summed E-state index contributed by atoms with van der Waals surface area (Å²) in [5.41, 5.74) is 0.837. The lowest BCUT2D eigenvalue weighted by atomic mass is 10.2. The molecule has 0 spiro atoms. The van der Waals surface area contributed by atoms with Gasteiger partial charge in [0.1, 0.15) is 16.9 Å². The van der Waals surface area contributed by atoms with Gasteiger partial charge in [-0.3, -0.25) is 0 Å². The van der Waals surface area contributed by atoms with Gasteiger partial charge in [-0.2, -0.15) is 5.26 Å². The first-order chi connectivity index (χ1) is 9.11. The molecular formula is C13H8ClF2N3. The van der Waals surface area contributed by atoms with E-state index in [4.69, 9.17) is 16.9 Å². The van der Waals surface area contributed by atoms with E-state index in [1.165, 1.54) is 18.3 Å². The summed E-state index contributed by atoms with van der Waals surface area (Å²) in [6.07, 6.45) is 1.44. The lowest BCUT2D eigenvalue weighted by Crippen LogP contribution is -2.03. The third-order valence-corrected chi connectivity index (χ3v) is 2.84. The first kappa shape index (κ1) is 13.2. The van der Waals surface area contributed by atoms with Gasteiger partial charge in [0.15, 0.2) is 11.6 Å². The van der Waals surface area contributed by atoms with Gasteiger partial charge < -0.3 is 5.32 Å². The molecule has 3 nitrogen and oxygen atoms in total. The molecule has 96 valence electrons. The van der Waals surface area contributed by atoms with Gasteiger partial charge in [-0.05, 0) is 23.8 Å². The summed E-state index contributed by atoms with van der Waals surface area (Å²) in [7, 11) is 0. The van der Waals surface area contributed by atoms with Crippen LogP contribution in [0.5, 0.6) is 0 Å². The fourth-order valence-corrected chi connectivity index (χ4v) is 1.71. The number of anilines is 1. The fourth-order valence-electron chi connectivity index (χ4n) is 1.49. The summed E-state index contributed by atoms with van der Waals surface area (Å²) in [6.45, 7) is 0.221. The number of aromatic nitrogens is 1. The van der Waals surface area contributed by atoms with Crippen LogP contribution < -0.4 is 5.32 Å². The Bertz CT molecular complexity index is 653. The number of nitrogens with zero attached hydrogens (tertiary/aromatic N) is 2. The minimum Gasteiger partial charge on any atom is -0.365 e. The Kier molecular flexibility index (Phi) is 3.93. The van der Waals surface area contributed by atoms with Crippen LogP contribution in [0, 0.1) is 23.0 Å². The molecule has 6 heteroatoms. The molecule has 0 aliphatic heterocycles. The van der Waals surface area contributed by atoms with Crippen LogP contribution in [0.2, 0.25) is 5.02 Å². The highest BCUT2D eigenvalue weighted by molar-refractivity contribution is 6.34. The van der Waals surface area contributed by atoms with Crippen molar-refractivity contribution in [2.75, 3.05) is 5.32 Å². The van der Waals surface area contributed by atoms with Crippen molar-refractivity contribution in [1.82, 2.24) is 4.98 Å². The van der Waals surface area contributed by atoms with E-state index >= 15 is 0 Å². The van der Waals surface area contributed by atoms with Crippen LogP contribution in [-0.2, 0) is 6.54 Å². The molecule has 0 unspecified atom stereocenters. The quantitative estimate of drug-likeness (QED) is 0.935. The predicted molar refractivity (Wildman–Crippen MR) is 67.6 cm³/mol. The Morgan fingerprint density at radius 3 is 2.74 bits per heavy atom. The van der Waals surface area contributed by atoms with E-state index in [1.54, 1.807) is 0 Å². The van der Waals surface area contributed by atoms with Gasteiger partial charge in [0.25, 0.3) is 0 Å². The van der Waals surface area contributed by atoms with E-state index < -0.39 is 11.6 Å². The number of halogens is 3. The summed E-state index contributed by atoms with van der Waals surface area (Å²) in [5, 5.41) is 11.9. The smallest absolute Gasteiger partial charge is 0.159 e. The molecule has 19 heavy (non-hydrogen) atoms. The Labute approximate surface area is 113 Å². The second-order valence-corrected chi connectivity index (χ2v) is 4.11. The second kappa shape index (κ2) is 5.63. The molecule has 0 atom stereocenters. The first-order valence-corrected chi connectivity index (χ1v) is 5.72. The zero-order chi connectivity index (χ0) is 13.8. The topological polar surface area (TPSA) is 48.7 Å². The molecule has 0 radical (unpaired) electrons. The summed E-state index contributed by atoms with van der Waals surface area (Å²) in [6, 6.07) is 7.01. The maximum absolute atomic E-state index is 13.0. The highest BCUT2D eigenvalue weighted by Crippen LogP contribution is 2.23. The van der Waals surface area contributed by atoms with Crippen LogP contribution in [-0.4, -0.2) is 4.98 Å². The number of rotatable bonds is 3. The van der Waals surface area contributed by atoms with Crippen molar-refractivity contribution in [1.29, 1.82) is 5.26 Å². The normalized spacial score (nSPS) is 10.0.